The van der Waals surface area contributed by atoms with Gasteiger partial charge in [-0.2, -0.15) is 8.78 Å². The number of rotatable bonds is 5. The van der Waals surface area contributed by atoms with E-state index in [4.69, 9.17) is 4.74 Å². The number of piperazine rings is 1. The molecule has 23 heavy (non-hydrogen) atoms. The van der Waals surface area contributed by atoms with Crippen LogP contribution in [0.15, 0.2) is 18.2 Å². The van der Waals surface area contributed by atoms with E-state index in [9.17, 15) is 8.78 Å². The molecule has 0 atom stereocenters. The third-order valence-corrected chi connectivity index (χ3v) is 5.11. The van der Waals surface area contributed by atoms with Gasteiger partial charge in [-0.25, -0.2) is 0 Å². The van der Waals surface area contributed by atoms with Gasteiger partial charge in [-0.3, -0.25) is 4.90 Å². The van der Waals surface area contributed by atoms with Crippen molar-refractivity contribution >= 4 is 5.69 Å². The van der Waals surface area contributed by atoms with Gasteiger partial charge in [0.25, 0.3) is 0 Å². The van der Waals surface area contributed by atoms with E-state index < -0.39 is 6.61 Å². The van der Waals surface area contributed by atoms with Crippen LogP contribution in [0, 0.1) is 0 Å². The molecular weight excluding hydrogens is 298 g/mol. The Hall–Kier alpha value is -1.36. The molecule has 0 amide bonds. The van der Waals surface area contributed by atoms with Gasteiger partial charge in [0, 0.05) is 32.2 Å². The van der Waals surface area contributed by atoms with Gasteiger partial charge in [-0.15, -0.1) is 0 Å². The van der Waals surface area contributed by atoms with Crippen LogP contribution in [-0.2, 0) is 0 Å². The van der Waals surface area contributed by atoms with Gasteiger partial charge in [0.05, 0.1) is 5.69 Å². The number of hydrogen-bond acceptors (Lipinski definition) is 3. The maximum Gasteiger partial charge on any atom is 0.387 e. The maximum atomic E-state index is 12.8. The minimum atomic E-state index is -2.78. The average molecular weight is 324 g/mol. The maximum absolute atomic E-state index is 12.8. The van der Waals surface area contributed by atoms with Crippen molar-refractivity contribution in [3.8, 4) is 5.75 Å². The minimum Gasteiger partial charge on any atom is -0.433 e. The molecule has 0 spiro atoms. The lowest BCUT2D eigenvalue weighted by Crippen LogP contribution is -2.52. The van der Waals surface area contributed by atoms with Crippen LogP contribution in [-0.4, -0.2) is 43.7 Å². The average Bonchev–Trinajstić information content (AvgIpc) is 2.45. The molecule has 1 aliphatic heterocycles. The minimum absolute atomic E-state index is 0.291. The summed E-state index contributed by atoms with van der Waals surface area (Å²) < 4.78 is 30.4. The van der Waals surface area contributed by atoms with E-state index >= 15 is 0 Å². The standard InChI is InChI=1S/C18H26F2N2O/c1-13(2)14-6-7-16(17(12-14)23-18(19)20)22-10-8-21(9-11-22)15-4-3-5-15/h6-7,12-13,15,18H,3-5,8-11H2,1-2H3. The third-order valence-electron chi connectivity index (χ3n) is 5.11. The van der Waals surface area contributed by atoms with Crippen LogP contribution in [0.5, 0.6) is 5.75 Å². The van der Waals surface area contributed by atoms with Crippen LogP contribution in [0.1, 0.15) is 44.6 Å². The van der Waals surface area contributed by atoms with E-state index in [1.165, 1.54) is 19.3 Å². The number of ether oxygens (including phenoxy) is 1. The third kappa shape index (κ3) is 3.77. The van der Waals surface area contributed by atoms with E-state index in [-0.39, 0.29) is 0 Å². The summed E-state index contributed by atoms with van der Waals surface area (Å²) in [5.41, 5.74) is 1.82. The molecule has 3 rings (SSSR count). The molecule has 1 aliphatic carbocycles. The molecule has 0 aromatic heterocycles. The molecule has 5 heteroatoms. The normalized spacial score (nSPS) is 20.2. The number of anilines is 1. The predicted molar refractivity (Wildman–Crippen MR) is 88.6 cm³/mol. The van der Waals surface area contributed by atoms with Crippen LogP contribution in [0.2, 0.25) is 0 Å². The molecule has 2 fully saturated rings. The highest BCUT2D eigenvalue weighted by atomic mass is 19.3. The van der Waals surface area contributed by atoms with Crippen molar-refractivity contribution < 1.29 is 13.5 Å². The second-order valence-electron chi connectivity index (χ2n) is 6.87. The molecule has 128 valence electrons. The second-order valence-corrected chi connectivity index (χ2v) is 6.87. The van der Waals surface area contributed by atoms with Crippen molar-refractivity contribution in [3.05, 3.63) is 23.8 Å². The fourth-order valence-electron chi connectivity index (χ4n) is 3.42. The Kier molecular flexibility index (Phi) is 5.05. The van der Waals surface area contributed by atoms with Crippen LogP contribution in [0.25, 0.3) is 0 Å². The molecular formula is C18H26F2N2O. The van der Waals surface area contributed by atoms with Gasteiger partial charge in [0.2, 0.25) is 0 Å². The fraction of sp³-hybridized carbons (Fsp3) is 0.667. The Morgan fingerprint density at radius 1 is 1.09 bits per heavy atom. The van der Waals surface area contributed by atoms with E-state index in [0.29, 0.717) is 11.7 Å². The summed E-state index contributed by atoms with van der Waals surface area (Å²) >= 11 is 0. The summed E-state index contributed by atoms with van der Waals surface area (Å²) in [6.07, 6.45) is 3.96. The van der Waals surface area contributed by atoms with Gasteiger partial charge in [-0.05, 0) is 36.5 Å². The van der Waals surface area contributed by atoms with Crippen molar-refractivity contribution in [2.45, 2.75) is 51.7 Å². The first-order valence-electron chi connectivity index (χ1n) is 8.62. The highest BCUT2D eigenvalue weighted by Gasteiger charge is 2.29. The summed E-state index contributed by atoms with van der Waals surface area (Å²) in [6.45, 7) is 5.08. The van der Waals surface area contributed by atoms with Crippen molar-refractivity contribution in [1.82, 2.24) is 4.90 Å². The monoisotopic (exact) mass is 324 g/mol. The first-order valence-corrected chi connectivity index (χ1v) is 8.62. The first kappa shape index (κ1) is 16.5. The fourth-order valence-corrected chi connectivity index (χ4v) is 3.42. The van der Waals surface area contributed by atoms with Gasteiger partial charge < -0.3 is 9.64 Å². The predicted octanol–water partition coefficient (Wildman–Crippen LogP) is 4.09. The van der Waals surface area contributed by atoms with Crippen molar-refractivity contribution in [3.63, 3.8) is 0 Å². The van der Waals surface area contributed by atoms with Crippen molar-refractivity contribution in [1.29, 1.82) is 0 Å². The lowest BCUT2D eigenvalue weighted by Gasteiger charge is -2.43. The molecule has 1 heterocycles. The second kappa shape index (κ2) is 7.04. The number of nitrogens with zero attached hydrogens (tertiary/aromatic N) is 2. The topological polar surface area (TPSA) is 15.7 Å². The first-order chi connectivity index (χ1) is 11.0. The highest BCUT2D eigenvalue weighted by molar-refractivity contribution is 5.60. The largest absolute Gasteiger partial charge is 0.433 e. The molecule has 1 saturated heterocycles. The Morgan fingerprint density at radius 3 is 2.30 bits per heavy atom. The number of alkyl halides is 2. The Balaban J connectivity index is 1.73. The number of benzene rings is 1. The molecule has 0 bridgehead atoms. The Morgan fingerprint density at radius 2 is 1.78 bits per heavy atom. The molecule has 0 unspecified atom stereocenters. The smallest absolute Gasteiger partial charge is 0.387 e. The lowest BCUT2D eigenvalue weighted by atomic mass is 9.91. The number of halogens is 2. The molecule has 0 N–H and O–H groups in total. The van der Waals surface area contributed by atoms with E-state index in [1.807, 2.05) is 12.1 Å². The Bertz CT molecular complexity index is 524. The van der Waals surface area contributed by atoms with E-state index in [0.717, 1.165) is 43.5 Å². The number of hydrogen-bond donors (Lipinski definition) is 0. The quantitative estimate of drug-likeness (QED) is 0.811. The van der Waals surface area contributed by atoms with Crippen LogP contribution in [0.4, 0.5) is 14.5 Å². The molecule has 1 aromatic carbocycles. The van der Waals surface area contributed by atoms with Crippen molar-refractivity contribution in [2.24, 2.45) is 0 Å². The summed E-state index contributed by atoms with van der Waals surface area (Å²) in [5.74, 6) is 0.600. The summed E-state index contributed by atoms with van der Waals surface area (Å²) in [4.78, 5) is 4.72. The lowest BCUT2D eigenvalue weighted by molar-refractivity contribution is -0.0496. The molecule has 1 saturated carbocycles. The van der Waals surface area contributed by atoms with Gasteiger partial charge >= 0.3 is 6.61 Å². The zero-order valence-electron chi connectivity index (χ0n) is 14.0. The molecule has 0 radical (unpaired) electrons. The molecule has 3 nitrogen and oxygen atoms in total. The molecule has 1 aromatic rings. The summed E-state index contributed by atoms with van der Waals surface area (Å²) in [5, 5.41) is 0. The van der Waals surface area contributed by atoms with Crippen LogP contribution >= 0.6 is 0 Å². The highest BCUT2D eigenvalue weighted by Crippen LogP contribution is 2.34. The Labute approximate surface area is 137 Å². The zero-order valence-corrected chi connectivity index (χ0v) is 14.0. The van der Waals surface area contributed by atoms with Gasteiger partial charge in [-0.1, -0.05) is 26.3 Å². The summed E-state index contributed by atoms with van der Waals surface area (Å²) in [6, 6.07) is 6.48. The zero-order chi connectivity index (χ0) is 16.4. The van der Waals surface area contributed by atoms with Crippen LogP contribution < -0.4 is 9.64 Å². The van der Waals surface area contributed by atoms with E-state index in [2.05, 4.69) is 23.6 Å². The summed E-state index contributed by atoms with van der Waals surface area (Å²) in [7, 11) is 0. The molecule has 2 aliphatic rings. The van der Waals surface area contributed by atoms with Crippen LogP contribution in [0.3, 0.4) is 0 Å². The van der Waals surface area contributed by atoms with Crippen molar-refractivity contribution in [2.75, 3.05) is 31.1 Å². The van der Waals surface area contributed by atoms with Gasteiger partial charge in [0.1, 0.15) is 5.75 Å². The SMILES string of the molecule is CC(C)c1ccc(N2CCN(C3CCC3)CC2)c(OC(F)F)c1. The van der Waals surface area contributed by atoms with E-state index in [1.54, 1.807) is 6.07 Å². The van der Waals surface area contributed by atoms with Gasteiger partial charge in [0.15, 0.2) is 0 Å².